The Balaban J connectivity index is 3.17. The molecule has 16 heavy (non-hydrogen) atoms. The predicted molar refractivity (Wildman–Crippen MR) is 46.0 cm³/mol. The van der Waals surface area contributed by atoms with Crippen LogP contribution in [0.1, 0.15) is 11.1 Å². The summed E-state index contributed by atoms with van der Waals surface area (Å²) in [6, 6.07) is 2.35. The van der Waals surface area contributed by atoms with Crippen LogP contribution in [0.15, 0.2) is 6.07 Å². The summed E-state index contributed by atoms with van der Waals surface area (Å²) in [7, 11) is 0. The molecule has 3 N–H and O–H groups in total. The Morgan fingerprint density at radius 2 is 2.19 bits per heavy atom. The molecule has 0 fully saturated rings. The second kappa shape index (κ2) is 4.24. The van der Waals surface area contributed by atoms with Crippen molar-refractivity contribution in [3.63, 3.8) is 0 Å². The van der Waals surface area contributed by atoms with Crippen LogP contribution in [0, 0.1) is 11.3 Å². The first-order chi connectivity index (χ1) is 7.37. The van der Waals surface area contributed by atoms with E-state index < -0.39 is 18.8 Å². The summed E-state index contributed by atoms with van der Waals surface area (Å²) in [6.45, 7) is -0.589. The Morgan fingerprint density at radius 1 is 1.56 bits per heavy atom. The number of nitrogens with two attached hydrogens (primary N) is 1. The zero-order valence-corrected chi connectivity index (χ0v) is 7.75. The average Bonchev–Trinajstić information content (AvgIpc) is 2.14. The first-order valence-corrected chi connectivity index (χ1v) is 3.93. The second-order valence-corrected chi connectivity index (χ2v) is 2.69. The van der Waals surface area contributed by atoms with Crippen molar-refractivity contribution in [3.8, 4) is 11.9 Å². The number of aliphatic hydroxyl groups excluding tert-OH is 1. The summed E-state index contributed by atoms with van der Waals surface area (Å²) in [5.41, 5.74) is 5.01. The van der Waals surface area contributed by atoms with E-state index in [1.165, 1.54) is 0 Å². The number of pyridine rings is 1. The van der Waals surface area contributed by atoms with Gasteiger partial charge < -0.3 is 15.6 Å². The van der Waals surface area contributed by atoms with Gasteiger partial charge in [0.05, 0.1) is 18.2 Å². The minimum Gasteiger partial charge on any atom is -0.391 e. The largest absolute Gasteiger partial charge is 0.574 e. The number of ether oxygens (including phenoxy) is 1. The average molecular weight is 233 g/mol. The molecule has 0 aliphatic rings. The number of alkyl halides is 3. The maximum atomic E-state index is 11.9. The third-order valence-electron chi connectivity index (χ3n) is 1.63. The first kappa shape index (κ1) is 12.1. The summed E-state index contributed by atoms with van der Waals surface area (Å²) in [5.74, 6) is -1.21. The third-order valence-corrected chi connectivity index (χ3v) is 1.63. The minimum atomic E-state index is -4.91. The quantitative estimate of drug-likeness (QED) is 0.792. The number of anilines is 1. The van der Waals surface area contributed by atoms with Gasteiger partial charge in [0.2, 0.25) is 5.88 Å². The van der Waals surface area contributed by atoms with Crippen molar-refractivity contribution in [2.75, 3.05) is 5.73 Å². The van der Waals surface area contributed by atoms with Crippen LogP contribution in [0.5, 0.6) is 5.88 Å². The molecule has 0 aliphatic carbocycles. The van der Waals surface area contributed by atoms with Gasteiger partial charge in [0, 0.05) is 11.6 Å². The smallest absolute Gasteiger partial charge is 0.391 e. The molecule has 0 aromatic carbocycles. The molecule has 0 saturated heterocycles. The lowest BCUT2D eigenvalue weighted by Crippen LogP contribution is -2.18. The topological polar surface area (TPSA) is 92.2 Å². The van der Waals surface area contributed by atoms with E-state index in [1.54, 1.807) is 6.07 Å². The summed E-state index contributed by atoms with van der Waals surface area (Å²) < 4.78 is 39.1. The molecule has 0 radical (unpaired) electrons. The molecule has 86 valence electrons. The maximum absolute atomic E-state index is 11.9. The second-order valence-electron chi connectivity index (χ2n) is 2.69. The summed E-state index contributed by atoms with van der Waals surface area (Å²) in [6.07, 6.45) is -4.91. The zero-order chi connectivity index (χ0) is 12.3. The Hall–Kier alpha value is -2.01. The first-order valence-electron chi connectivity index (χ1n) is 3.93. The number of nitriles is 1. The molecular formula is C8H6F3N3O2. The Morgan fingerprint density at radius 3 is 2.62 bits per heavy atom. The number of hydrogen-bond donors (Lipinski definition) is 2. The molecule has 0 unspecified atom stereocenters. The van der Waals surface area contributed by atoms with Gasteiger partial charge in [0.25, 0.3) is 0 Å². The van der Waals surface area contributed by atoms with Crippen LogP contribution in [0.3, 0.4) is 0 Å². The summed E-state index contributed by atoms with van der Waals surface area (Å²) in [4.78, 5) is 3.26. The minimum absolute atomic E-state index is 0.0305. The molecule has 1 rings (SSSR count). The molecule has 0 amide bonds. The fourth-order valence-corrected chi connectivity index (χ4v) is 1.00. The van der Waals surface area contributed by atoms with Gasteiger partial charge in [-0.3, -0.25) is 0 Å². The number of rotatable bonds is 2. The zero-order valence-electron chi connectivity index (χ0n) is 7.75. The normalized spacial score (nSPS) is 10.9. The molecule has 5 nitrogen and oxygen atoms in total. The number of nitrogens with zero attached hydrogens (tertiary/aromatic N) is 2. The lowest BCUT2D eigenvalue weighted by molar-refractivity contribution is -0.276. The highest BCUT2D eigenvalue weighted by atomic mass is 19.4. The van der Waals surface area contributed by atoms with Crippen molar-refractivity contribution in [1.29, 1.82) is 5.26 Å². The van der Waals surface area contributed by atoms with Crippen molar-refractivity contribution in [1.82, 2.24) is 4.98 Å². The van der Waals surface area contributed by atoms with Crippen LogP contribution in [-0.4, -0.2) is 16.5 Å². The molecule has 0 atom stereocenters. The van der Waals surface area contributed by atoms with Crippen LogP contribution in [0.4, 0.5) is 19.0 Å². The van der Waals surface area contributed by atoms with E-state index >= 15 is 0 Å². The van der Waals surface area contributed by atoms with Gasteiger partial charge >= 0.3 is 6.36 Å². The molecule has 1 aromatic rings. The highest BCUT2D eigenvalue weighted by Crippen LogP contribution is 2.25. The SMILES string of the molecule is N#Cc1cc(OC(F)(F)F)nc(N)c1CO. The van der Waals surface area contributed by atoms with Crippen LogP contribution in [0.2, 0.25) is 0 Å². The Labute approximate surface area is 87.9 Å². The number of aliphatic hydroxyl groups is 1. The standard InChI is InChI=1S/C8H6F3N3O2/c9-8(10,11)16-6-1-4(2-12)5(3-15)7(13)14-6/h1,15H,3H2,(H2,13,14). The van der Waals surface area contributed by atoms with Crippen LogP contribution in [0.25, 0.3) is 0 Å². The van der Waals surface area contributed by atoms with E-state index in [4.69, 9.17) is 16.1 Å². The molecule has 0 bridgehead atoms. The van der Waals surface area contributed by atoms with Gasteiger partial charge in [0.15, 0.2) is 0 Å². The highest BCUT2D eigenvalue weighted by Gasteiger charge is 2.32. The lowest BCUT2D eigenvalue weighted by atomic mass is 10.1. The van der Waals surface area contributed by atoms with E-state index in [1.807, 2.05) is 0 Å². The molecule has 1 aromatic heterocycles. The lowest BCUT2D eigenvalue weighted by Gasteiger charge is -2.10. The maximum Gasteiger partial charge on any atom is 0.574 e. The predicted octanol–water partition coefficient (Wildman–Crippen LogP) is 0.926. The van der Waals surface area contributed by atoms with Gasteiger partial charge in [-0.25, -0.2) is 0 Å². The van der Waals surface area contributed by atoms with Gasteiger partial charge in [-0.15, -0.1) is 13.2 Å². The summed E-state index contributed by atoms with van der Waals surface area (Å²) in [5, 5.41) is 17.4. The van der Waals surface area contributed by atoms with Crippen molar-refractivity contribution in [2.24, 2.45) is 0 Å². The van der Waals surface area contributed by atoms with E-state index in [2.05, 4.69) is 9.72 Å². The van der Waals surface area contributed by atoms with Crippen molar-refractivity contribution >= 4 is 5.82 Å². The fourth-order valence-electron chi connectivity index (χ4n) is 1.00. The van der Waals surface area contributed by atoms with Crippen LogP contribution in [-0.2, 0) is 6.61 Å². The summed E-state index contributed by atoms with van der Waals surface area (Å²) >= 11 is 0. The molecule has 0 aliphatic heterocycles. The van der Waals surface area contributed by atoms with Crippen molar-refractivity contribution in [3.05, 3.63) is 17.2 Å². The van der Waals surface area contributed by atoms with Gasteiger partial charge in [-0.05, 0) is 0 Å². The van der Waals surface area contributed by atoms with Gasteiger partial charge in [0.1, 0.15) is 5.82 Å². The van der Waals surface area contributed by atoms with Crippen LogP contribution < -0.4 is 10.5 Å². The van der Waals surface area contributed by atoms with Crippen molar-refractivity contribution in [2.45, 2.75) is 13.0 Å². The van der Waals surface area contributed by atoms with E-state index in [0.29, 0.717) is 0 Å². The van der Waals surface area contributed by atoms with E-state index in [0.717, 1.165) is 6.07 Å². The Kier molecular flexibility index (Phi) is 3.20. The van der Waals surface area contributed by atoms with Crippen LogP contribution >= 0.6 is 0 Å². The number of aromatic nitrogens is 1. The van der Waals surface area contributed by atoms with Gasteiger partial charge in [-0.2, -0.15) is 10.2 Å². The van der Waals surface area contributed by atoms with Gasteiger partial charge in [-0.1, -0.05) is 0 Å². The third kappa shape index (κ3) is 2.74. The number of halogens is 3. The Bertz CT molecular complexity index is 439. The monoisotopic (exact) mass is 233 g/mol. The molecule has 1 heterocycles. The molecule has 0 spiro atoms. The number of nitrogen functional groups attached to an aromatic ring is 1. The van der Waals surface area contributed by atoms with Crippen molar-refractivity contribution < 1.29 is 23.0 Å². The molecule has 0 saturated carbocycles. The van der Waals surface area contributed by atoms with E-state index in [-0.39, 0.29) is 16.9 Å². The number of hydrogen-bond acceptors (Lipinski definition) is 5. The molecule has 8 heteroatoms. The molecular weight excluding hydrogens is 227 g/mol. The van der Waals surface area contributed by atoms with E-state index in [9.17, 15) is 13.2 Å². The highest BCUT2D eigenvalue weighted by molar-refractivity contribution is 5.52. The fraction of sp³-hybridized carbons (Fsp3) is 0.250.